The molecule has 2 aromatic rings. The molecule has 5 heteroatoms. The summed E-state index contributed by atoms with van der Waals surface area (Å²) < 4.78 is 3.27. The van der Waals surface area contributed by atoms with Crippen molar-refractivity contribution < 1.29 is 9.90 Å². The molecule has 3 rings (SSSR count). The number of carboxylic acid groups (broad SMARTS) is 1. The summed E-state index contributed by atoms with van der Waals surface area (Å²) in [6.45, 7) is 0.993. The first-order valence-corrected chi connectivity index (χ1v) is 7.14. The number of hydrogen-bond donors (Lipinski definition) is 2. The fourth-order valence-corrected chi connectivity index (χ4v) is 3.36. The van der Waals surface area contributed by atoms with Crippen molar-refractivity contribution >= 4 is 32.8 Å². The van der Waals surface area contributed by atoms with Gasteiger partial charge in [0.15, 0.2) is 0 Å². The van der Waals surface area contributed by atoms with Gasteiger partial charge >= 0.3 is 5.97 Å². The van der Waals surface area contributed by atoms with Crippen LogP contribution in [0, 0.1) is 0 Å². The van der Waals surface area contributed by atoms with Crippen LogP contribution in [0.3, 0.4) is 0 Å². The number of nitrogens with two attached hydrogens (primary N) is 1. The summed E-state index contributed by atoms with van der Waals surface area (Å²) in [4.78, 5) is 10.9. The number of hydrogen-bond acceptors (Lipinski definition) is 2. The van der Waals surface area contributed by atoms with E-state index in [1.165, 1.54) is 11.1 Å². The quantitative estimate of drug-likeness (QED) is 0.911. The average molecular weight is 323 g/mol. The molecule has 1 atom stereocenters. The molecule has 0 amide bonds. The maximum Gasteiger partial charge on any atom is 0.320 e. The predicted molar refractivity (Wildman–Crippen MR) is 77.3 cm³/mol. The zero-order valence-electron chi connectivity index (χ0n) is 10.4. The van der Waals surface area contributed by atoms with E-state index >= 15 is 0 Å². The summed E-state index contributed by atoms with van der Waals surface area (Å²) in [5, 5.41) is 10.1. The smallest absolute Gasteiger partial charge is 0.320 e. The number of rotatable bonds is 3. The van der Waals surface area contributed by atoms with Gasteiger partial charge in [0.25, 0.3) is 0 Å². The third-order valence-electron chi connectivity index (χ3n) is 3.70. The van der Waals surface area contributed by atoms with Gasteiger partial charge in [0.05, 0.1) is 5.52 Å². The summed E-state index contributed by atoms with van der Waals surface area (Å²) in [6.07, 6.45) is 4.62. The molecular formula is C14H15BrN2O2. The third kappa shape index (κ3) is 2.17. The van der Waals surface area contributed by atoms with Crippen molar-refractivity contribution in [2.24, 2.45) is 5.73 Å². The topological polar surface area (TPSA) is 68.2 Å². The van der Waals surface area contributed by atoms with Gasteiger partial charge in [-0.2, -0.15) is 0 Å². The molecule has 1 aliphatic rings. The number of aromatic nitrogens is 1. The number of benzene rings is 1. The molecule has 2 heterocycles. The molecule has 0 spiro atoms. The standard InChI is InChI=1S/C14H15BrN2O2/c15-10-4-8-2-1-3-17-7-9(5-12(16)14(18)19)11(6-10)13(8)17/h4,6-7,12H,1-3,5,16H2,(H,18,19). The Labute approximate surface area is 119 Å². The van der Waals surface area contributed by atoms with Crippen molar-refractivity contribution in [2.45, 2.75) is 31.8 Å². The van der Waals surface area contributed by atoms with Gasteiger partial charge in [-0.05, 0) is 36.1 Å². The molecule has 1 aromatic carbocycles. The van der Waals surface area contributed by atoms with E-state index in [4.69, 9.17) is 10.8 Å². The van der Waals surface area contributed by atoms with E-state index in [1.54, 1.807) is 0 Å². The van der Waals surface area contributed by atoms with E-state index in [2.05, 4.69) is 38.8 Å². The molecule has 0 saturated heterocycles. The Morgan fingerprint density at radius 3 is 3.05 bits per heavy atom. The molecule has 0 fully saturated rings. The van der Waals surface area contributed by atoms with Gasteiger partial charge in [-0.3, -0.25) is 4.79 Å². The van der Waals surface area contributed by atoms with Gasteiger partial charge < -0.3 is 15.4 Å². The van der Waals surface area contributed by atoms with Gasteiger partial charge in [-0.15, -0.1) is 0 Å². The SMILES string of the molecule is NC(Cc1cn2c3c(cc(Br)cc13)CCC2)C(=O)O. The van der Waals surface area contributed by atoms with Crippen LogP contribution in [0.4, 0.5) is 0 Å². The highest BCUT2D eigenvalue weighted by atomic mass is 79.9. The highest BCUT2D eigenvalue weighted by Gasteiger charge is 2.20. The molecule has 1 aliphatic heterocycles. The summed E-state index contributed by atoms with van der Waals surface area (Å²) in [7, 11) is 0. The van der Waals surface area contributed by atoms with Gasteiger partial charge in [0.1, 0.15) is 6.04 Å². The summed E-state index contributed by atoms with van der Waals surface area (Å²) in [5.41, 5.74) is 9.25. The Bertz CT molecular complexity index is 663. The summed E-state index contributed by atoms with van der Waals surface area (Å²) in [5.74, 6) is -0.953. The largest absolute Gasteiger partial charge is 0.480 e. The molecular weight excluding hydrogens is 308 g/mol. The normalized spacial score (nSPS) is 15.7. The van der Waals surface area contributed by atoms with E-state index in [0.29, 0.717) is 6.42 Å². The zero-order valence-corrected chi connectivity index (χ0v) is 12.0. The first-order valence-electron chi connectivity index (χ1n) is 6.35. The molecule has 3 N–H and O–H groups in total. The highest BCUT2D eigenvalue weighted by Crippen LogP contribution is 2.33. The van der Waals surface area contributed by atoms with Crippen LogP contribution >= 0.6 is 15.9 Å². The predicted octanol–water partition coefficient (Wildman–Crippen LogP) is 2.30. The molecule has 19 heavy (non-hydrogen) atoms. The van der Waals surface area contributed by atoms with Crippen molar-refractivity contribution in [3.8, 4) is 0 Å². The Morgan fingerprint density at radius 2 is 2.32 bits per heavy atom. The summed E-state index contributed by atoms with van der Waals surface area (Å²) >= 11 is 3.53. The van der Waals surface area contributed by atoms with Gasteiger partial charge in [0.2, 0.25) is 0 Å². The lowest BCUT2D eigenvalue weighted by Gasteiger charge is -2.15. The van der Waals surface area contributed by atoms with Crippen molar-refractivity contribution in [1.29, 1.82) is 0 Å². The average Bonchev–Trinajstić information content (AvgIpc) is 2.69. The first kappa shape index (κ1) is 12.7. The van der Waals surface area contributed by atoms with Crippen LogP contribution in [0.15, 0.2) is 22.8 Å². The zero-order chi connectivity index (χ0) is 13.6. The second kappa shape index (κ2) is 4.65. The van der Waals surface area contributed by atoms with E-state index in [-0.39, 0.29) is 0 Å². The van der Waals surface area contributed by atoms with Crippen LogP contribution in [0.5, 0.6) is 0 Å². The van der Waals surface area contributed by atoms with E-state index in [0.717, 1.165) is 34.8 Å². The van der Waals surface area contributed by atoms with Crippen LogP contribution in [-0.2, 0) is 24.2 Å². The lowest BCUT2D eigenvalue weighted by Crippen LogP contribution is -2.32. The van der Waals surface area contributed by atoms with E-state index in [1.807, 2.05) is 0 Å². The molecule has 1 aromatic heterocycles. The maximum atomic E-state index is 10.9. The lowest BCUT2D eigenvalue weighted by atomic mass is 10.0. The van der Waals surface area contributed by atoms with Gasteiger partial charge in [0, 0.05) is 29.0 Å². The minimum atomic E-state index is -0.953. The monoisotopic (exact) mass is 322 g/mol. The number of nitrogens with zero attached hydrogens (tertiary/aromatic N) is 1. The van der Waals surface area contributed by atoms with Gasteiger partial charge in [-0.25, -0.2) is 0 Å². The Morgan fingerprint density at radius 1 is 1.53 bits per heavy atom. The van der Waals surface area contributed by atoms with Crippen molar-refractivity contribution in [3.63, 3.8) is 0 Å². The van der Waals surface area contributed by atoms with Crippen molar-refractivity contribution in [2.75, 3.05) is 0 Å². The summed E-state index contributed by atoms with van der Waals surface area (Å²) in [6, 6.07) is 3.37. The lowest BCUT2D eigenvalue weighted by molar-refractivity contribution is -0.138. The van der Waals surface area contributed by atoms with E-state index in [9.17, 15) is 4.79 Å². The molecule has 1 unspecified atom stereocenters. The van der Waals surface area contributed by atoms with Crippen LogP contribution in [0.25, 0.3) is 10.9 Å². The molecule has 0 bridgehead atoms. The van der Waals surface area contributed by atoms with E-state index < -0.39 is 12.0 Å². The van der Waals surface area contributed by atoms with Gasteiger partial charge in [-0.1, -0.05) is 15.9 Å². The first-order chi connectivity index (χ1) is 9.06. The molecule has 4 nitrogen and oxygen atoms in total. The molecule has 0 radical (unpaired) electrons. The van der Waals surface area contributed by atoms with Crippen LogP contribution in [0.1, 0.15) is 17.5 Å². The third-order valence-corrected chi connectivity index (χ3v) is 4.16. The Balaban J connectivity index is 2.14. The van der Waals surface area contributed by atoms with Crippen LogP contribution in [-0.4, -0.2) is 21.7 Å². The second-order valence-corrected chi connectivity index (χ2v) is 5.98. The minimum Gasteiger partial charge on any atom is -0.480 e. The Hall–Kier alpha value is -1.33. The van der Waals surface area contributed by atoms with Crippen LogP contribution < -0.4 is 5.73 Å². The highest BCUT2D eigenvalue weighted by molar-refractivity contribution is 9.10. The minimum absolute atomic E-state index is 0.370. The molecule has 0 saturated carbocycles. The maximum absolute atomic E-state index is 10.9. The Kier molecular flexibility index (Phi) is 3.11. The van der Waals surface area contributed by atoms with Crippen LogP contribution in [0.2, 0.25) is 0 Å². The second-order valence-electron chi connectivity index (χ2n) is 5.06. The van der Waals surface area contributed by atoms with Crippen molar-refractivity contribution in [3.05, 3.63) is 33.9 Å². The molecule has 0 aliphatic carbocycles. The molecule has 100 valence electrons. The fourth-order valence-electron chi connectivity index (χ4n) is 2.86. The number of aliphatic carboxylic acids is 1. The van der Waals surface area contributed by atoms with Crippen molar-refractivity contribution in [1.82, 2.24) is 4.57 Å². The number of halogens is 1. The number of aryl methyl sites for hydroxylation is 2. The number of carbonyl (C=O) groups is 1. The number of carboxylic acids is 1. The fraction of sp³-hybridized carbons (Fsp3) is 0.357.